The lowest BCUT2D eigenvalue weighted by Crippen LogP contribution is -2.35. The number of carbonyl (C=O) groups excluding carboxylic acids is 1. The van der Waals surface area contributed by atoms with Crippen molar-refractivity contribution in [1.29, 1.82) is 0 Å². The number of likely N-dealkylation sites (N-methyl/N-ethyl adjacent to an activating group) is 1. The van der Waals surface area contributed by atoms with Gasteiger partial charge in [-0.15, -0.1) is 0 Å². The first kappa shape index (κ1) is 19.7. The van der Waals surface area contributed by atoms with Crippen molar-refractivity contribution in [2.45, 2.75) is 13.8 Å². The van der Waals surface area contributed by atoms with Crippen LogP contribution in [0.4, 0.5) is 11.4 Å². The lowest BCUT2D eigenvalue weighted by molar-refractivity contribution is 0.0526. The molecule has 0 saturated heterocycles. The molecule has 2 aromatic carbocycles. The van der Waals surface area contributed by atoms with Crippen LogP contribution in [0.25, 0.3) is 0 Å². The molecule has 2 rings (SSSR count). The van der Waals surface area contributed by atoms with E-state index in [0.717, 1.165) is 23.5 Å². The fraction of sp³-hybridized carbons (Fsp3) is 0.300. The van der Waals surface area contributed by atoms with Crippen molar-refractivity contribution in [2.75, 3.05) is 37.0 Å². The molecule has 0 aliphatic carbocycles. The van der Waals surface area contributed by atoms with Crippen LogP contribution in [-0.4, -0.2) is 37.8 Å². The maximum Gasteiger partial charge on any atom is 0.338 e. The van der Waals surface area contributed by atoms with Crippen LogP contribution in [0.5, 0.6) is 0 Å². The molecule has 2 aromatic rings. The largest absolute Gasteiger partial charge is 0.462 e. The molecule has 0 spiro atoms. The van der Waals surface area contributed by atoms with Crippen LogP contribution < -0.4 is 15.5 Å². The number of esters is 1. The highest BCUT2D eigenvalue weighted by atomic mass is 32.1. The number of para-hydroxylation sites is 1. The van der Waals surface area contributed by atoms with E-state index in [9.17, 15) is 4.79 Å². The zero-order chi connectivity index (χ0) is 18.9. The maximum absolute atomic E-state index is 11.9. The molecule has 0 unspecified atom stereocenters. The monoisotopic (exact) mass is 371 g/mol. The number of anilines is 2. The van der Waals surface area contributed by atoms with Gasteiger partial charge in [-0.3, -0.25) is 0 Å². The third-order valence-corrected chi connectivity index (χ3v) is 4.17. The Hall–Kier alpha value is -2.60. The molecule has 0 aliphatic rings. The number of nitrogens with zero attached hydrogens (tertiary/aromatic N) is 1. The van der Waals surface area contributed by atoms with Crippen LogP contribution in [0.2, 0.25) is 0 Å². The average Bonchev–Trinajstić information content (AvgIpc) is 2.64. The SMILES string of the molecule is CCOC(=O)c1ccc(C)c(NC(=S)NCCN(C)c2ccccc2)c1. The molecule has 26 heavy (non-hydrogen) atoms. The van der Waals surface area contributed by atoms with Gasteiger partial charge in [-0.25, -0.2) is 4.79 Å². The van der Waals surface area contributed by atoms with Gasteiger partial charge in [0.05, 0.1) is 12.2 Å². The van der Waals surface area contributed by atoms with E-state index in [0.29, 0.717) is 23.8 Å². The van der Waals surface area contributed by atoms with Crippen molar-refractivity contribution in [3.63, 3.8) is 0 Å². The molecule has 0 aromatic heterocycles. The van der Waals surface area contributed by atoms with Gasteiger partial charge in [0.15, 0.2) is 5.11 Å². The molecule has 0 bridgehead atoms. The molecule has 0 radical (unpaired) electrons. The highest BCUT2D eigenvalue weighted by Gasteiger charge is 2.10. The van der Waals surface area contributed by atoms with E-state index in [1.165, 1.54) is 0 Å². The van der Waals surface area contributed by atoms with Crippen molar-refractivity contribution in [3.8, 4) is 0 Å². The highest BCUT2D eigenvalue weighted by Crippen LogP contribution is 2.17. The zero-order valence-corrected chi connectivity index (χ0v) is 16.2. The number of nitrogens with one attached hydrogen (secondary N) is 2. The standard InChI is InChI=1S/C20H25N3O2S/c1-4-25-19(24)16-11-10-15(2)18(14-16)22-20(26)21-12-13-23(3)17-8-6-5-7-9-17/h5-11,14H,4,12-13H2,1-3H3,(H2,21,22,26). The van der Waals surface area contributed by atoms with Gasteiger partial charge in [0, 0.05) is 31.5 Å². The number of benzene rings is 2. The van der Waals surface area contributed by atoms with E-state index >= 15 is 0 Å². The lowest BCUT2D eigenvalue weighted by Gasteiger charge is -2.20. The fourth-order valence-corrected chi connectivity index (χ4v) is 2.63. The Balaban J connectivity index is 1.87. The number of thiocarbonyl (C=S) groups is 1. The van der Waals surface area contributed by atoms with Gasteiger partial charge in [-0.1, -0.05) is 24.3 Å². The summed E-state index contributed by atoms with van der Waals surface area (Å²) in [6, 6.07) is 15.6. The van der Waals surface area contributed by atoms with Gasteiger partial charge < -0.3 is 20.3 Å². The van der Waals surface area contributed by atoms with Crippen LogP contribution in [0, 0.1) is 6.92 Å². The number of rotatable bonds is 7. The Kier molecular flexibility index (Phi) is 7.41. The van der Waals surface area contributed by atoms with Gasteiger partial charge in [0.2, 0.25) is 0 Å². The Morgan fingerprint density at radius 1 is 1.19 bits per heavy atom. The summed E-state index contributed by atoms with van der Waals surface area (Å²) < 4.78 is 5.04. The van der Waals surface area contributed by atoms with Crippen LogP contribution in [0.15, 0.2) is 48.5 Å². The Labute approximate surface area is 160 Å². The highest BCUT2D eigenvalue weighted by molar-refractivity contribution is 7.80. The molecule has 0 saturated carbocycles. The summed E-state index contributed by atoms with van der Waals surface area (Å²) in [5, 5.41) is 6.87. The molecular formula is C20H25N3O2S. The first-order chi connectivity index (χ1) is 12.5. The lowest BCUT2D eigenvalue weighted by atomic mass is 10.1. The van der Waals surface area contributed by atoms with Crippen molar-refractivity contribution >= 4 is 34.7 Å². The predicted octanol–water partition coefficient (Wildman–Crippen LogP) is 3.59. The first-order valence-corrected chi connectivity index (χ1v) is 9.01. The van der Waals surface area contributed by atoms with E-state index in [1.54, 1.807) is 19.1 Å². The van der Waals surface area contributed by atoms with Gasteiger partial charge >= 0.3 is 5.97 Å². The summed E-state index contributed by atoms with van der Waals surface area (Å²) in [7, 11) is 2.04. The molecule has 0 aliphatic heterocycles. The molecule has 138 valence electrons. The van der Waals surface area contributed by atoms with Gasteiger partial charge in [0.1, 0.15) is 0 Å². The van der Waals surface area contributed by atoms with Crippen molar-refractivity contribution in [3.05, 3.63) is 59.7 Å². The molecule has 2 N–H and O–H groups in total. The molecular weight excluding hydrogens is 346 g/mol. The Morgan fingerprint density at radius 3 is 2.62 bits per heavy atom. The van der Waals surface area contributed by atoms with E-state index in [1.807, 2.05) is 38.2 Å². The van der Waals surface area contributed by atoms with Crippen LogP contribution in [0.1, 0.15) is 22.8 Å². The molecule has 0 fully saturated rings. The fourth-order valence-electron chi connectivity index (χ4n) is 2.41. The summed E-state index contributed by atoms with van der Waals surface area (Å²) in [6.07, 6.45) is 0. The molecule has 0 amide bonds. The van der Waals surface area contributed by atoms with E-state index in [4.69, 9.17) is 17.0 Å². The smallest absolute Gasteiger partial charge is 0.338 e. The quantitative estimate of drug-likeness (QED) is 0.573. The predicted molar refractivity (Wildman–Crippen MR) is 111 cm³/mol. The Bertz CT molecular complexity index is 750. The summed E-state index contributed by atoms with van der Waals surface area (Å²) in [4.78, 5) is 14.0. The third kappa shape index (κ3) is 5.74. The minimum atomic E-state index is -0.334. The number of hydrogen-bond donors (Lipinski definition) is 2. The summed E-state index contributed by atoms with van der Waals surface area (Å²) in [5.74, 6) is -0.334. The third-order valence-electron chi connectivity index (χ3n) is 3.93. The number of hydrogen-bond acceptors (Lipinski definition) is 4. The molecule has 5 nitrogen and oxygen atoms in total. The number of ether oxygens (including phenoxy) is 1. The van der Waals surface area contributed by atoms with Crippen LogP contribution in [-0.2, 0) is 4.74 Å². The van der Waals surface area contributed by atoms with Gasteiger partial charge in [0.25, 0.3) is 0 Å². The summed E-state index contributed by atoms with van der Waals surface area (Å²) in [5.41, 5.74) is 3.46. The second kappa shape index (κ2) is 9.77. The van der Waals surface area contributed by atoms with Crippen LogP contribution >= 0.6 is 12.2 Å². The number of carbonyl (C=O) groups is 1. The van der Waals surface area contributed by atoms with Gasteiger partial charge in [-0.05, 0) is 55.9 Å². The summed E-state index contributed by atoms with van der Waals surface area (Å²) in [6.45, 7) is 5.62. The number of aryl methyl sites for hydroxylation is 1. The van der Waals surface area contributed by atoms with Crippen molar-refractivity contribution in [2.24, 2.45) is 0 Å². The van der Waals surface area contributed by atoms with E-state index in [2.05, 4.69) is 27.7 Å². The molecule has 0 atom stereocenters. The summed E-state index contributed by atoms with van der Waals surface area (Å²) >= 11 is 5.37. The first-order valence-electron chi connectivity index (χ1n) is 8.60. The second-order valence-electron chi connectivity index (χ2n) is 5.89. The average molecular weight is 372 g/mol. The molecule has 0 heterocycles. The Morgan fingerprint density at radius 2 is 1.92 bits per heavy atom. The minimum Gasteiger partial charge on any atom is -0.462 e. The minimum absolute atomic E-state index is 0.334. The topological polar surface area (TPSA) is 53.6 Å². The van der Waals surface area contributed by atoms with Gasteiger partial charge in [-0.2, -0.15) is 0 Å². The van der Waals surface area contributed by atoms with Crippen molar-refractivity contribution < 1.29 is 9.53 Å². The second-order valence-corrected chi connectivity index (χ2v) is 6.30. The zero-order valence-electron chi connectivity index (χ0n) is 15.4. The van der Waals surface area contributed by atoms with E-state index in [-0.39, 0.29) is 5.97 Å². The maximum atomic E-state index is 11.9. The normalized spacial score (nSPS) is 10.1. The van der Waals surface area contributed by atoms with E-state index < -0.39 is 0 Å². The van der Waals surface area contributed by atoms with Crippen LogP contribution in [0.3, 0.4) is 0 Å². The molecule has 6 heteroatoms. The van der Waals surface area contributed by atoms with Crippen molar-refractivity contribution in [1.82, 2.24) is 5.32 Å².